The number of thiocarbonyl (C=S) groups is 1. The number of nitrogens with one attached hydrogen (secondary N) is 2. The van der Waals surface area contributed by atoms with Crippen LogP contribution in [0.5, 0.6) is 5.75 Å². The van der Waals surface area contributed by atoms with E-state index in [-0.39, 0.29) is 4.90 Å². The molecule has 156 valence electrons. The SMILES string of the molecule is CCc1ccc(NC(=S)Nc2ccc(OC)cc2S(=O)(=O)N2CCOCC2)cc1. The summed E-state index contributed by atoms with van der Waals surface area (Å²) < 4.78 is 38.3. The van der Waals surface area contributed by atoms with E-state index in [9.17, 15) is 8.42 Å². The lowest BCUT2D eigenvalue weighted by Gasteiger charge is -2.27. The topological polar surface area (TPSA) is 79.9 Å². The van der Waals surface area contributed by atoms with Crippen molar-refractivity contribution in [3.63, 3.8) is 0 Å². The van der Waals surface area contributed by atoms with Crippen LogP contribution in [0.3, 0.4) is 0 Å². The summed E-state index contributed by atoms with van der Waals surface area (Å²) in [6.07, 6.45) is 0.956. The van der Waals surface area contributed by atoms with Crippen molar-refractivity contribution in [1.29, 1.82) is 0 Å². The van der Waals surface area contributed by atoms with Crippen LogP contribution in [0.4, 0.5) is 11.4 Å². The smallest absolute Gasteiger partial charge is 0.245 e. The van der Waals surface area contributed by atoms with Gasteiger partial charge in [0.15, 0.2) is 5.11 Å². The predicted molar refractivity (Wildman–Crippen MR) is 118 cm³/mol. The van der Waals surface area contributed by atoms with Crippen LogP contribution in [-0.2, 0) is 21.2 Å². The summed E-state index contributed by atoms with van der Waals surface area (Å²) in [5.74, 6) is 0.455. The van der Waals surface area contributed by atoms with E-state index >= 15 is 0 Å². The monoisotopic (exact) mass is 435 g/mol. The molecule has 1 heterocycles. The van der Waals surface area contributed by atoms with Crippen LogP contribution in [-0.4, -0.2) is 51.2 Å². The molecule has 7 nitrogen and oxygen atoms in total. The predicted octanol–water partition coefficient (Wildman–Crippen LogP) is 3.09. The van der Waals surface area contributed by atoms with E-state index in [1.54, 1.807) is 12.1 Å². The van der Waals surface area contributed by atoms with Crippen LogP contribution >= 0.6 is 12.2 Å². The van der Waals surface area contributed by atoms with E-state index in [2.05, 4.69) is 17.6 Å². The number of nitrogens with zero attached hydrogens (tertiary/aromatic N) is 1. The highest BCUT2D eigenvalue weighted by Gasteiger charge is 2.29. The van der Waals surface area contributed by atoms with Crippen molar-refractivity contribution in [2.45, 2.75) is 18.2 Å². The second-order valence-corrected chi connectivity index (χ2v) is 8.82. The van der Waals surface area contributed by atoms with Crippen LogP contribution in [0.2, 0.25) is 0 Å². The molecule has 0 amide bonds. The van der Waals surface area contributed by atoms with E-state index in [1.165, 1.54) is 23.0 Å². The quantitative estimate of drug-likeness (QED) is 0.675. The van der Waals surface area contributed by atoms with Crippen LogP contribution in [0.1, 0.15) is 12.5 Å². The van der Waals surface area contributed by atoms with Crippen molar-refractivity contribution in [2.75, 3.05) is 44.0 Å². The third-order valence-electron chi connectivity index (χ3n) is 4.64. The molecule has 1 aliphatic rings. The Hall–Kier alpha value is -2.20. The molecule has 1 aliphatic heterocycles. The van der Waals surface area contributed by atoms with Crippen molar-refractivity contribution in [1.82, 2.24) is 4.31 Å². The van der Waals surface area contributed by atoms with Crippen LogP contribution in [0.15, 0.2) is 47.4 Å². The summed E-state index contributed by atoms with van der Waals surface area (Å²) in [4.78, 5) is 0.115. The molecule has 2 aromatic carbocycles. The molecule has 3 rings (SSSR count). The zero-order valence-corrected chi connectivity index (χ0v) is 18.1. The Balaban J connectivity index is 1.83. The van der Waals surface area contributed by atoms with Gasteiger partial charge < -0.3 is 20.1 Å². The second kappa shape index (κ2) is 9.53. The van der Waals surface area contributed by atoms with E-state index in [1.807, 2.05) is 24.3 Å². The van der Waals surface area contributed by atoms with E-state index < -0.39 is 10.0 Å². The molecule has 0 bridgehead atoms. The van der Waals surface area contributed by atoms with Gasteiger partial charge in [-0.15, -0.1) is 0 Å². The maximum absolute atomic E-state index is 13.2. The summed E-state index contributed by atoms with van der Waals surface area (Å²) in [5.41, 5.74) is 2.44. The highest BCUT2D eigenvalue weighted by molar-refractivity contribution is 7.89. The van der Waals surface area contributed by atoms with Crippen molar-refractivity contribution in [3.8, 4) is 5.75 Å². The van der Waals surface area contributed by atoms with Gasteiger partial charge in [0.2, 0.25) is 10.0 Å². The second-order valence-electron chi connectivity index (χ2n) is 6.51. The first-order valence-corrected chi connectivity index (χ1v) is 11.2. The summed E-state index contributed by atoms with van der Waals surface area (Å²) in [6.45, 7) is 3.46. The minimum Gasteiger partial charge on any atom is -0.497 e. The van der Waals surface area contributed by atoms with Gasteiger partial charge >= 0.3 is 0 Å². The molecular weight excluding hydrogens is 410 g/mol. The van der Waals surface area contributed by atoms with Gasteiger partial charge in [0, 0.05) is 24.8 Å². The standard InChI is InChI=1S/C20H25N3O4S2/c1-3-15-4-6-16(7-5-15)21-20(28)22-18-9-8-17(26-2)14-19(18)29(24,25)23-10-12-27-13-11-23/h4-9,14H,3,10-13H2,1-2H3,(H2,21,22,28). The Morgan fingerprint density at radius 2 is 1.83 bits per heavy atom. The Bertz CT molecular complexity index is 956. The van der Waals surface area contributed by atoms with Gasteiger partial charge in [-0.25, -0.2) is 8.42 Å². The first-order chi connectivity index (χ1) is 13.9. The summed E-state index contributed by atoms with van der Waals surface area (Å²) in [7, 11) is -2.23. The Morgan fingerprint density at radius 3 is 2.45 bits per heavy atom. The van der Waals surface area contributed by atoms with Gasteiger partial charge in [-0.3, -0.25) is 0 Å². The van der Waals surface area contributed by atoms with Crippen LogP contribution in [0.25, 0.3) is 0 Å². The third-order valence-corrected chi connectivity index (χ3v) is 6.79. The number of morpholine rings is 1. The highest BCUT2D eigenvalue weighted by atomic mass is 32.2. The number of anilines is 2. The Morgan fingerprint density at radius 1 is 1.14 bits per heavy atom. The third kappa shape index (κ3) is 5.24. The molecule has 29 heavy (non-hydrogen) atoms. The average Bonchev–Trinajstić information content (AvgIpc) is 2.75. The number of hydrogen-bond acceptors (Lipinski definition) is 5. The molecule has 0 aliphatic carbocycles. The molecule has 0 atom stereocenters. The van der Waals surface area contributed by atoms with Gasteiger partial charge in [0.1, 0.15) is 10.6 Å². The van der Waals surface area contributed by atoms with Crippen molar-refractivity contribution >= 4 is 38.7 Å². The van der Waals surface area contributed by atoms with Gasteiger partial charge in [0.05, 0.1) is 26.0 Å². The maximum Gasteiger partial charge on any atom is 0.245 e. The van der Waals surface area contributed by atoms with Crippen molar-refractivity contribution in [3.05, 3.63) is 48.0 Å². The van der Waals surface area contributed by atoms with E-state index in [4.69, 9.17) is 21.7 Å². The summed E-state index contributed by atoms with van der Waals surface area (Å²) >= 11 is 5.40. The molecule has 9 heteroatoms. The number of sulfonamides is 1. The Kier molecular flexibility index (Phi) is 7.07. The molecule has 1 saturated heterocycles. The minimum atomic E-state index is -3.73. The lowest BCUT2D eigenvalue weighted by atomic mass is 10.1. The summed E-state index contributed by atoms with van der Waals surface area (Å²) in [5, 5.41) is 6.40. The van der Waals surface area contributed by atoms with Gasteiger partial charge in [0.25, 0.3) is 0 Å². The first-order valence-electron chi connectivity index (χ1n) is 9.37. The van der Waals surface area contributed by atoms with Crippen LogP contribution < -0.4 is 15.4 Å². The number of methoxy groups -OCH3 is 1. The highest BCUT2D eigenvalue weighted by Crippen LogP contribution is 2.29. The molecule has 2 aromatic rings. The molecule has 0 spiro atoms. The zero-order chi connectivity index (χ0) is 20.9. The number of aryl methyl sites for hydroxylation is 1. The number of ether oxygens (including phenoxy) is 2. The average molecular weight is 436 g/mol. The Labute approximate surface area is 177 Å². The van der Waals surface area contributed by atoms with Gasteiger partial charge in [-0.1, -0.05) is 19.1 Å². The molecular formula is C20H25N3O4S2. The molecule has 1 fully saturated rings. The number of rotatable bonds is 6. The lowest BCUT2D eigenvalue weighted by Crippen LogP contribution is -2.41. The molecule has 0 aromatic heterocycles. The van der Waals surface area contributed by atoms with Crippen LogP contribution in [0, 0.1) is 0 Å². The van der Waals surface area contributed by atoms with Gasteiger partial charge in [-0.05, 0) is 48.5 Å². The molecule has 0 radical (unpaired) electrons. The largest absolute Gasteiger partial charge is 0.497 e. The summed E-state index contributed by atoms with van der Waals surface area (Å²) in [6, 6.07) is 12.8. The van der Waals surface area contributed by atoms with Crippen molar-refractivity contribution in [2.24, 2.45) is 0 Å². The number of hydrogen-bond donors (Lipinski definition) is 2. The minimum absolute atomic E-state index is 0.115. The van der Waals surface area contributed by atoms with Gasteiger partial charge in [-0.2, -0.15) is 4.31 Å². The zero-order valence-electron chi connectivity index (χ0n) is 16.5. The molecule has 0 saturated carbocycles. The maximum atomic E-state index is 13.2. The fourth-order valence-electron chi connectivity index (χ4n) is 2.98. The molecule has 0 unspecified atom stereocenters. The lowest BCUT2D eigenvalue weighted by molar-refractivity contribution is 0.0730. The fraction of sp³-hybridized carbons (Fsp3) is 0.350. The number of benzene rings is 2. The van der Waals surface area contributed by atoms with E-state index in [0.29, 0.717) is 42.9 Å². The molecule has 2 N–H and O–H groups in total. The first kappa shape index (κ1) is 21.5. The fourth-order valence-corrected chi connectivity index (χ4v) is 4.78. The normalized spacial score (nSPS) is 15.0. The van der Waals surface area contributed by atoms with Crippen molar-refractivity contribution < 1.29 is 17.9 Å². The van der Waals surface area contributed by atoms with E-state index in [0.717, 1.165) is 12.1 Å².